The van der Waals surface area contributed by atoms with Crippen LogP contribution in [-0.2, 0) is 19.1 Å². The maximum Gasteiger partial charge on any atom is 0.410 e. The number of halogens is 1. The summed E-state index contributed by atoms with van der Waals surface area (Å²) in [5.41, 5.74) is 0. The Morgan fingerprint density at radius 1 is 0.781 bits per heavy atom. The van der Waals surface area contributed by atoms with E-state index in [1.807, 2.05) is 27.7 Å². The fourth-order valence-corrected chi connectivity index (χ4v) is 3.53. The molecule has 0 rings (SSSR count). The minimum atomic E-state index is -0.737. The van der Waals surface area contributed by atoms with Gasteiger partial charge >= 0.3 is 12.1 Å². The average molecular weight is 477 g/mol. The Bertz CT molecular complexity index is 557. The summed E-state index contributed by atoms with van der Waals surface area (Å²) in [6.45, 7) is 10.6. The Labute approximate surface area is 200 Å². The molecule has 7 nitrogen and oxygen atoms in total. The van der Waals surface area contributed by atoms with E-state index < -0.39 is 18.2 Å². The largest absolute Gasteiger partial charge is 0.464 e. The van der Waals surface area contributed by atoms with E-state index in [1.54, 1.807) is 14.1 Å². The van der Waals surface area contributed by atoms with E-state index in [1.165, 1.54) is 16.2 Å². The number of rotatable bonds is 16. The zero-order valence-corrected chi connectivity index (χ0v) is 22.0. The van der Waals surface area contributed by atoms with Crippen molar-refractivity contribution in [2.24, 2.45) is 11.8 Å². The molecular formula is C24H45ClN2O5. The Hall–Kier alpha value is -1.50. The lowest BCUT2D eigenvalue weighted by Gasteiger charge is -2.34. The molecule has 0 spiro atoms. The molecule has 0 heterocycles. The van der Waals surface area contributed by atoms with Gasteiger partial charge in [0, 0.05) is 14.1 Å². The number of hydrogen-bond donors (Lipinski definition) is 0. The summed E-state index contributed by atoms with van der Waals surface area (Å²) in [5, 5.41) is 0. The minimum absolute atomic E-state index is 0.0731. The molecule has 32 heavy (non-hydrogen) atoms. The van der Waals surface area contributed by atoms with Gasteiger partial charge in [-0.15, -0.1) is 11.6 Å². The predicted octanol–water partition coefficient (Wildman–Crippen LogP) is 5.10. The SMILES string of the molecule is CCCCCCCOC(=O)C(CC(C)C)N(C)C(=O)C(CC(C)C)N(C)C(=O)OCCCl. The Kier molecular flexibility index (Phi) is 16.2. The number of amides is 2. The van der Waals surface area contributed by atoms with Crippen LogP contribution in [0, 0.1) is 11.8 Å². The molecule has 0 saturated heterocycles. The van der Waals surface area contributed by atoms with Crippen molar-refractivity contribution in [3.8, 4) is 0 Å². The number of carbonyl (C=O) groups excluding carboxylic acids is 3. The summed E-state index contributed by atoms with van der Waals surface area (Å²) < 4.78 is 10.6. The number of alkyl halides is 1. The van der Waals surface area contributed by atoms with Crippen molar-refractivity contribution < 1.29 is 23.9 Å². The second-order valence-corrected chi connectivity index (χ2v) is 9.61. The Balaban J connectivity index is 5.32. The minimum Gasteiger partial charge on any atom is -0.464 e. The number of hydrogen-bond acceptors (Lipinski definition) is 5. The van der Waals surface area contributed by atoms with Gasteiger partial charge in [0.1, 0.15) is 18.7 Å². The fraction of sp³-hybridized carbons (Fsp3) is 0.875. The molecule has 0 N–H and O–H groups in total. The normalized spacial score (nSPS) is 13.1. The van der Waals surface area contributed by atoms with Crippen LogP contribution in [0.5, 0.6) is 0 Å². The quantitative estimate of drug-likeness (QED) is 0.176. The van der Waals surface area contributed by atoms with Crippen molar-refractivity contribution >= 4 is 29.6 Å². The molecule has 0 aliphatic heterocycles. The summed E-state index contributed by atoms with van der Waals surface area (Å²) in [4.78, 5) is 41.4. The number of esters is 1. The van der Waals surface area contributed by atoms with Crippen LogP contribution in [0.3, 0.4) is 0 Å². The molecule has 0 aliphatic rings. The molecule has 0 aromatic heterocycles. The van der Waals surface area contributed by atoms with Gasteiger partial charge in [0.15, 0.2) is 0 Å². The molecule has 0 saturated carbocycles. The third kappa shape index (κ3) is 11.9. The van der Waals surface area contributed by atoms with Crippen LogP contribution in [0.1, 0.15) is 79.6 Å². The highest BCUT2D eigenvalue weighted by molar-refractivity contribution is 6.18. The molecule has 0 aromatic rings. The fourth-order valence-electron chi connectivity index (χ4n) is 3.45. The number of likely N-dealkylation sites (N-methyl/N-ethyl adjacent to an activating group) is 2. The molecule has 0 radical (unpaired) electrons. The number of unbranched alkanes of at least 4 members (excludes halogenated alkanes) is 4. The van der Waals surface area contributed by atoms with E-state index in [-0.39, 0.29) is 36.2 Å². The van der Waals surface area contributed by atoms with Crippen LogP contribution >= 0.6 is 11.6 Å². The van der Waals surface area contributed by atoms with Crippen LogP contribution < -0.4 is 0 Å². The van der Waals surface area contributed by atoms with E-state index >= 15 is 0 Å². The summed E-state index contributed by atoms with van der Waals surface area (Å²) >= 11 is 5.61. The summed E-state index contributed by atoms with van der Waals surface area (Å²) in [6.07, 6.45) is 5.66. The summed E-state index contributed by atoms with van der Waals surface area (Å²) in [7, 11) is 3.16. The zero-order valence-electron chi connectivity index (χ0n) is 21.2. The van der Waals surface area contributed by atoms with Gasteiger partial charge in [-0.2, -0.15) is 0 Å². The van der Waals surface area contributed by atoms with Crippen LogP contribution in [0.15, 0.2) is 0 Å². The maximum absolute atomic E-state index is 13.4. The van der Waals surface area contributed by atoms with E-state index in [0.717, 1.165) is 25.7 Å². The van der Waals surface area contributed by atoms with E-state index in [4.69, 9.17) is 21.1 Å². The van der Waals surface area contributed by atoms with Crippen LogP contribution in [0.2, 0.25) is 0 Å². The molecule has 2 amide bonds. The second-order valence-electron chi connectivity index (χ2n) is 9.24. The lowest BCUT2D eigenvalue weighted by molar-refractivity contribution is -0.156. The molecular weight excluding hydrogens is 432 g/mol. The first-order chi connectivity index (χ1) is 15.1. The lowest BCUT2D eigenvalue weighted by atomic mass is 9.98. The Morgan fingerprint density at radius 3 is 1.88 bits per heavy atom. The van der Waals surface area contributed by atoms with Gasteiger partial charge in [0.2, 0.25) is 5.91 Å². The van der Waals surface area contributed by atoms with Crippen LogP contribution in [0.25, 0.3) is 0 Å². The topological polar surface area (TPSA) is 76.2 Å². The second kappa shape index (κ2) is 17.0. The molecule has 2 unspecified atom stereocenters. The highest BCUT2D eigenvalue weighted by atomic mass is 35.5. The summed E-state index contributed by atoms with van der Waals surface area (Å²) in [6, 6.07) is -1.43. The predicted molar refractivity (Wildman–Crippen MR) is 129 cm³/mol. The monoisotopic (exact) mass is 476 g/mol. The molecule has 0 bridgehead atoms. The van der Waals surface area contributed by atoms with Gasteiger partial charge < -0.3 is 14.4 Å². The first-order valence-corrected chi connectivity index (χ1v) is 12.5. The third-order valence-electron chi connectivity index (χ3n) is 5.31. The third-order valence-corrected chi connectivity index (χ3v) is 5.47. The smallest absolute Gasteiger partial charge is 0.410 e. The van der Waals surface area contributed by atoms with Crippen molar-refractivity contribution in [3.05, 3.63) is 0 Å². The molecule has 0 aliphatic carbocycles. The number of carbonyl (C=O) groups is 3. The summed E-state index contributed by atoms with van der Waals surface area (Å²) in [5.74, 6) is -0.139. The molecule has 188 valence electrons. The Morgan fingerprint density at radius 2 is 1.34 bits per heavy atom. The van der Waals surface area contributed by atoms with Gasteiger partial charge in [0.05, 0.1) is 12.5 Å². The zero-order chi connectivity index (χ0) is 24.7. The van der Waals surface area contributed by atoms with Crippen LogP contribution in [0.4, 0.5) is 4.79 Å². The van der Waals surface area contributed by atoms with Crippen molar-refractivity contribution in [3.63, 3.8) is 0 Å². The first kappa shape index (κ1) is 30.5. The molecule has 0 fully saturated rings. The highest BCUT2D eigenvalue weighted by Crippen LogP contribution is 2.19. The highest BCUT2D eigenvalue weighted by Gasteiger charge is 2.36. The lowest BCUT2D eigenvalue weighted by Crippen LogP contribution is -2.53. The van der Waals surface area contributed by atoms with Crippen molar-refractivity contribution in [1.82, 2.24) is 9.80 Å². The van der Waals surface area contributed by atoms with Gasteiger partial charge in [-0.25, -0.2) is 9.59 Å². The van der Waals surface area contributed by atoms with E-state index in [2.05, 4.69) is 6.92 Å². The maximum atomic E-state index is 13.4. The van der Waals surface area contributed by atoms with Gasteiger partial charge in [0.25, 0.3) is 0 Å². The first-order valence-electron chi connectivity index (χ1n) is 12.0. The molecule has 8 heteroatoms. The molecule has 2 atom stereocenters. The number of nitrogens with zero attached hydrogens (tertiary/aromatic N) is 2. The average Bonchev–Trinajstić information content (AvgIpc) is 2.74. The van der Waals surface area contributed by atoms with Crippen molar-refractivity contribution in [2.75, 3.05) is 33.2 Å². The van der Waals surface area contributed by atoms with E-state index in [9.17, 15) is 14.4 Å². The number of ether oxygens (including phenoxy) is 2. The standard InChI is InChI=1S/C24H45ClN2O5/c1-8-9-10-11-12-14-31-23(29)21(17-19(4)5)26(6)22(28)20(16-18(2)3)27(7)24(30)32-15-13-25/h18-21H,8-17H2,1-7H3. The van der Waals surface area contributed by atoms with Gasteiger partial charge in [-0.1, -0.05) is 60.3 Å². The van der Waals surface area contributed by atoms with Crippen LogP contribution in [-0.4, -0.2) is 73.0 Å². The van der Waals surface area contributed by atoms with Crippen molar-refractivity contribution in [1.29, 1.82) is 0 Å². The van der Waals surface area contributed by atoms with Gasteiger partial charge in [-0.05, 0) is 31.1 Å². The molecule has 0 aromatic carbocycles. The van der Waals surface area contributed by atoms with Crippen molar-refractivity contribution in [2.45, 2.75) is 91.6 Å². The van der Waals surface area contributed by atoms with E-state index in [0.29, 0.717) is 19.4 Å². The van der Waals surface area contributed by atoms with Gasteiger partial charge in [-0.3, -0.25) is 9.69 Å².